The summed E-state index contributed by atoms with van der Waals surface area (Å²) in [4.78, 5) is 21.4. The second-order valence-electron chi connectivity index (χ2n) is 6.69. The van der Waals surface area contributed by atoms with Gasteiger partial charge in [0.2, 0.25) is 5.95 Å². The van der Waals surface area contributed by atoms with Crippen LogP contribution in [0.1, 0.15) is 32.9 Å². The standard InChI is InChI=1S/C22H24N4O2/c1-14-5-6-15(2)19(11-14)25-22-24-16(3)12-20(26-22)21(27)23-13-17-7-9-18(28-4)10-8-17/h5-12H,13H2,1-4H3,(H,23,27)(H,24,25,26). The van der Waals surface area contributed by atoms with E-state index < -0.39 is 0 Å². The first-order chi connectivity index (χ1) is 13.4. The van der Waals surface area contributed by atoms with Crippen molar-refractivity contribution in [2.24, 2.45) is 0 Å². The average Bonchev–Trinajstić information content (AvgIpc) is 2.69. The van der Waals surface area contributed by atoms with Crippen LogP contribution < -0.4 is 15.4 Å². The number of carbonyl (C=O) groups is 1. The Morgan fingerprint density at radius 3 is 2.46 bits per heavy atom. The van der Waals surface area contributed by atoms with Gasteiger partial charge in [-0.25, -0.2) is 9.97 Å². The molecule has 1 aromatic heterocycles. The van der Waals surface area contributed by atoms with Crippen molar-refractivity contribution in [1.82, 2.24) is 15.3 Å². The molecular weight excluding hydrogens is 352 g/mol. The Kier molecular flexibility index (Phi) is 5.89. The number of rotatable bonds is 6. The van der Waals surface area contributed by atoms with Crippen LogP contribution >= 0.6 is 0 Å². The van der Waals surface area contributed by atoms with E-state index in [4.69, 9.17) is 4.74 Å². The van der Waals surface area contributed by atoms with Crippen LogP contribution in [-0.4, -0.2) is 23.0 Å². The Labute approximate surface area is 165 Å². The molecule has 2 aromatic carbocycles. The molecule has 0 aliphatic carbocycles. The van der Waals surface area contributed by atoms with Gasteiger partial charge in [0.15, 0.2) is 0 Å². The average molecular weight is 376 g/mol. The summed E-state index contributed by atoms with van der Waals surface area (Å²) in [5, 5.41) is 6.11. The summed E-state index contributed by atoms with van der Waals surface area (Å²) in [5.41, 5.74) is 5.18. The SMILES string of the molecule is COc1ccc(CNC(=O)c2cc(C)nc(Nc3cc(C)ccc3C)n2)cc1. The zero-order valence-corrected chi connectivity index (χ0v) is 16.5. The minimum atomic E-state index is -0.245. The molecule has 1 heterocycles. The number of amides is 1. The summed E-state index contributed by atoms with van der Waals surface area (Å²) in [6, 6.07) is 15.4. The predicted molar refractivity (Wildman–Crippen MR) is 110 cm³/mol. The molecule has 0 fully saturated rings. The Bertz CT molecular complexity index is 984. The number of methoxy groups -OCH3 is 1. The first-order valence-corrected chi connectivity index (χ1v) is 9.05. The highest BCUT2D eigenvalue weighted by Crippen LogP contribution is 2.20. The van der Waals surface area contributed by atoms with Gasteiger partial charge in [-0.2, -0.15) is 0 Å². The third-order valence-electron chi connectivity index (χ3n) is 4.34. The maximum Gasteiger partial charge on any atom is 0.270 e. The lowest BCUT2D eigenvalue weighted by molar-refractivity contribution is 0.0945. The van der Waals surface area contributed by atoms with E-state index in [9.17, 15) is 4.79 Å². The van der Waals surface area contributed by atoms with Crippen molar-refractivity contribution in [3.05, 3.63) is 76.6 Å². The molecule has 2 N–H and O–H groups in total. The van der Waals surface area contributed by atoms with Crippen LogP contribution in [0.4, 0.5) is 11.6 Å². The van der Waals surface area contributed by atoms with Gasteiger partial charge in [0, 0.05) is 17.9 Å². The van der Waals surface area contributed by atoms with Crippen molar-refractivity contribution >= 4 is 17.5 Å². The maximum absolute atomic E-state index is 12.6. The highest BCUT2D eigenvalue weighted by atomic mass is 16.5. The Morgan fingerprint density at radius 2 is 1.75 bits per heavy atom. The number of ether oxygens (including phenoxy) is 1. The fraction of sp³-hybridized carbons (Fsp3) is 0.227. The summed E-state index contributed by atoms with van der Waals surface area (Å²) in [5.74, 6) is 0.942. The molecule has 144 valence electrons. The van der Waals surface area contributed by atoms with Crippen molar-refractivity contribution < 1.29 is 9.53 Å². The molecule has 28 heavy (non-hydrogen) atoms. The number of benzene rings is 2. The molecular formula is C22H24N4O2. The number of hydrogen-bond donors (Lipinski definition) is 2. The highest BCUT2D eigenvalue weighted by molar-refractivity contribution is 5.92. The van der Waals surface area contributed by atoms with Gasteiger partial charge >= 0.3 is 0 Å². The summed E-state index contributed by atoms with van der Waals surface area (Å²) >= 11 is 0. The molecule has 6 nitrogen and oxygen atoms in total. The highest BCUT2D eigenvalue weighted by Gasteiger charge is 2.11. The molecule has 0 radical (unpaired) electrons. The lowest BCUT2D eigenvalue weighted by atomic mass is 10.1. The monoisotopic (exact) mass is 376 g/mol. The minimum Gasteiger partial charge on any atom is -0.497 e. The molecule has 0 bridgehead atoms. The fourth-order valence-electron chi connectivity index (χ4n) is 2.75. The number of aryl methyl sites for hydroxylation is 3. The van der Waals surface area contributed by atoms with Gasteiger partial charge in [0.1, 0.15) is 11.4 Å². The van der Waals surface area contributed by atoms with Crippen LogP contribution in [0.5, 0.6) is 5.75 Å². The zero-order chi connectivity index (χ0) is 20.1. The lowest BCUT2D eigenvalue weighted by Crippen LogP contribution is -2.24. The molecule has 1 amide bonds. The van der Waals surface area contributed by atoms with Crippen molar-refractivity contribution in [3.63, 3.8) is 0 Å². The number of nitrogens with zero attached hydrogens (tertiary/aromatic N) is 2. The Balaban J connectivity index is 1.72. The zero-order valence-electron chi connectivity index (χ0n) is 16.5. The smallest absolute Gasteiger partial charge is 0.270 e. The minimum absolute atomic E-state index is 0.245. The second-order valence-corrected chi connectivity index (χ2v) is 6.69. The summed E-state index contributed by atoms with van der Waals surface area (Å²) in [7, 11) is 1.62. The van der Waals surface area contributed by atoms with E-state index in [-0.39, 0.29) is 5.91 Å². The van der Waals surface area contributed by atoms with Gasteiger partial charge in [-0.1, -0.05) is 24.3 Å². The summed E-state index contributed by atoms with van der Waals surface area (Å²) < 4.78 is 5.14. The maximum atomic E-state index is 12.6. The van der Waals surface area contributed by atoms with Crippen LogP contribution in [0.15, 0.2) is 48.5 Å². The van der Waals surface area contributed by atoms with Crippen LogP contribution in [0, 0.1) is 20.8 Å². The van der Waals surface area contributed by atoms with Crippen LogP contribution in [0.2, 0.25) is 0 Å². The van der Waals surface area contributed by atoms with Gasteiger partial charge in [0.05, 0.1) is 7.11 Å². The van der Waals surface area contributed by atoms with Crippen molar-refractivity contribution in [2.75, 3.05) is 12.4 Å². The Hall–Kier alpha value is -3.41. The molecule has 0 saturated carbocycles. The first kappa shape index (κ1) is 19.4. The molecule has 3 rings (SSSR count). The van der Waals surface area contributed by atoms with Crippen molar-refractivity contribution in [3.8, 4) is 5.75 Å². The second kappa shape index (κ2) is 8.52. The topological polar surface area (TPSA) is 76.1 Å². The van der Waals surface area contributed by atoms with E-state index in [0.717, 1.165) is 33.8 Å². The number of aromatic nitrogens is 2. The molecule has 6 heteroatoms. The van der Waals surface area contributed by atoms with Crippen molar-refractivity contribution in [2.45, 2.75) is 27.3 Å². The summed E-state index contributed by atoms with van der Waals surface area (Å²) in [6.07, 6.45) is 0. The van der Waals surface area contributed by atoms with Gasteiger partial charge < -0.3 is 15.4 Å². The largest absolute Gasteiger partial charge is 0.497 e. The molecule has 0 aliphatic heterocycles. The first-order valence-electron chi connectivity index (χ1n) is 9.05. The van der Waals surface area contributed by atoms with E-state index in [1.54, 1.807) is 13.2 Å². The number of carbonyl (C=O) groups excluding carboxylic acids is 1. The van der Waals surface area contributed by atoms with E-state index in [0.29, 0.717) is 18.2 Å². The van der Waals surface area contributed by atoms with E-state index >= 15 is 0 Å². The predicted octanol–water partition coefficient (Wildman–Crippen LogP) is 4.08. The molecule has 0 atom stereocenters. The van der Waals surface area contributed by atoms with Gasteiger partial charge in [-0.15, -0.1) is 0 Å². The van der Waals surface area contributed by atoms with E-state index in [2.05, 4.69) is 26.7 Å². The quantitative estimate of drug-likeness (QED) is 0.678. The molecule has 0 saturated heterocycles. The number of nitrogens with one attached hydrogen (secondary N) is 2. The van der Waals surface area contributed by atoms with Crippen LogP contribution in [-0.2, 0) is 6.54 Å². The van der Waals surface area contributed by atoms with Gasteiger partial charge in [-0.3, -0.25) is 4.79 Å². The lowest BCUT2D eigenvalue weighted by Gasteiger charge is -2.11. The molecule has 0 unspecified atom stereocenters. The summed E-state index contributed by atoms with van der Waals surface area (Å²) in [6.45, 7) is 6.29. The van der Waals surface area contributed by atoms with Crippen LogP contribution in [0.3, 0.4) is 0 Å². The third-order valence-corrected chi connectivity index (χ3v) is 4.34. The third kappa shape index (κ3) is 4.85. The molecule has 0 aliphatic rings. The normalized spacial score (nSPS) is 10.4. The fourth-order valence-corrected chi connectivity index (χ4v) is 2.75. The Morgan fingerprint density at radius 1 is 1.00 bits per heavy atom. The molecule has 0 spiro atoms. The van der Waals surface area contributed by atoms with Crippen LogP contribution in [0.25, 0.3) is 0 Å². The van der Waals surface area contributed by atoms with E-state index in [1.807, 2.05) is 57.2 Å². The van der Waals surface area contributed by atoms with Gasteiger partial charge in [-0.05, 0) is 61.7 Å². The van der Waals surface area contributed by atoms with E-state index in [1.165, 1.54) is 0 Å². The number of anilines is 2. The number of hydrogen-bond acceptors (Lipinski definition) is 5. The van der Waals surface area contributed by atoms with Crippen molar-refractivity contribution in [1.29, 1.82) is 0 Å². The van der Waals surface area contributed by atoms with Gasteiger partial charge in [0.25, 0.3) is 5.91 Å². The molecule has 3 aromatic rings.